The van der Waals surface area contributed by atoms with Crippen LogP contribution in [0.25, 0.3) is 0 Å². The molecule has 1 amide bonds. The average molecular weight is 342 g/mol. The topological polar surface area (TPSA) is 60.2 Å². The van der Waals surface area contributed by atoms with E-state index in [0.29, 0.717) is 13.0 Å². The summed E-state index contributed by atoms with van der Waals surface area (Å²) in [6.45, 7) is 6.08. The lowest BCUT2D eigenvalue weighted by Gasteiger charge is -2.32. The summed E-state index contributed by atoms with van der Waals surface area (Å²) in [5.74, 6) is 2.21. The minimum atomic E-state index is 0.149. The van der Waals surface area contributed by atoms with Gasteiger partial charge in [0, 0.05) is 26.1 Å². The summed E-state index contributed by atoms with van der Waals surface area (Å²) in [7, 11) is 1.95. The number of benzene rings is 1. The molecule has 1 atom stereocenters. The van der Waals surface area contributed by atoms with E-state index < -0.39 is 0 Å². The fraction of sp³-hybridized carbons (Fsp3) is 0.526. The van der Waals surface area contributed by atoms with Gasteiger partial charge in [-0.15, -0.1) is 10.2 Å². The second-order valence-corrected chi connectivity index (χ2v) is 6.82. The molecule has 0 aliphatic carbocycles. The van der Waals surface area contributed by atoms with Gasteiger partial charge in [0.25, 0.3) is 0 Å². The van der Waals surface area contributed by atoms with Crippen molar-refractivity contribution in [1.29, 1.82) is 0 Å². The highest BCUT2D eigenvalue weighted by Gasteiger charge is 2.27. The molecule has 0 unspecified atom stereocenters. The summed E-state index contributed by atoms with van der Waals surface area (Å²) >= 11 is 0. The maximum Gasteiger partial charge on any atom is 0.226 e. The number of hydrogen-bond acceptors (Lipinski definition) is 4. The molecule has 1 aliphatic rings. The van der Waals surface area contributed by atoms with Crippen LogP contribution in [-0.2, 0) is 11.8 Å². The van der Waals surface area contributed by atoms with Crippen LogP contribution >= 0.6 is 0 Å². The molecule has 134 valence electrons. The molecule has 1 fully saturated rings. The van der Waals surface area contributed by atoms with Crippen LogP contribution in [0.4, 0.5) is 0 Å². The molecule has 1 saturated heterocycles. The summed E-state index contributed by atoms with van der Waals surface area (Å²) in [5.41, 5.74) is 2.44. The van der Waals surface area contributed by atoms with E-state index in [2.05, 4.69) is 24.0 Å². The maximum atomic E-state index is 12.5. The van der Waals surface area contributed by atoms with Gasteiger partial charge in [-0.05, 0) is 49.9 Å². The number of carbonyl (C=O) groups is 1. The van der Waals surface area contributed by atoms with Crippen LogP contribution in [0.3, 0.4) is 0 Å². The Bertz CT molecular complexity index is 741. The van der Waals surface area contributed by atoms with Gasteiger partial charge in [0.2, 0.25) is 5.91 Å². The zero-order chi connectivity index (χ0) is 17.8. The summed E-state index contributed by atoms with van der Waals surface area (Å²) in [5, 5.41) is 8.15. The first-order chi connectivity index (χ1) is 12.0. The zero-order valence-corrected chi connectivity index (χ0v) is 15.2. The molecule has 1 aliphatic heterocycles. The number of rotatable bonds is 5. The minimum absolute atomic E-state index is 0.149. The molecular weight excluding hydrogens is 316 g/mol. The van der Waals surface area contributed by atoms with Crippen molar-refractivity contribution in [1.82, 2.24) is 19.7 Å². The first-order valence-corrected chi connectivity index (χ1v) is 8.86. The molecule has 1 aromatic carbocycles. The Morgan fingerprint density at radius 2 is 2.16 bits per heavy atom. The van der Waals surface area contributed by atoms with Crippen LogP contribution in [0.5, 0.6) is 5.75 Å². The highest BCUT2D eigenvalue weighted by molar-refractivity contribution is 5.76. The lowest BCUT2D eigenvalue weighted by molar-refractivity contribution is -0.133. The van der Waals surface area contributed by atoms with Crippen molar-refractivity contribution in [3.05, 3.63) is 41.5 Å². The molecular formula is C19H26N4O2. The van der Waals surface area contributed by atoms with Gasteiger partial charge in [-0.3, -0.25) is 4.79 Å². The fourth-order valence-electron chi connectivity index (χ4n) is 3.29. The number of hydrogen-bond donors (Lipinski definition) is 0. The standard InChI is InChI=1S/C19H26N4O2/c1-14-6-7-17(11-15(14)2)25-10-8-18(24)23-9-4-5-16(12-23)19-21-20-13-22(19)3/h6-7,11,13,16H,4-5,8-10,12H2,1-3H3/t16-/m0/s1. The molecule has 1 aromatic heterocycles. The normalized spacial score (nSPS) is 17.6. The Kier molecular flexibility index (Phi) is 5.36. The van der Waals surface area contributed by atoms with E-state index in [1.165, 1.54) is 11.1 Å². The predicted octanol–water partition coefficient (Wildman–Crippen LogP) is 2.61. The highest BCUT2D eigenvalue weighted by atomic mass is 16.5. The molecule has 2 heterocycles. The van der Waals surface area contributed by atoms with Gasteiger partial charge < -0.3 is 14.2 Å². The molecule has 6 nitrogen and oxygen atoms in total. The van der Waals surface area contributed by atoms with E-state index >= 15 is 0 Å². The number of likely N-dealkylation sites (tertiary alicyclic amines) is 1. The van der Waals surface area contributed by atoms with Crippen LogP contribution in [0.1, 0.15) is 42.1 Å². The lowest BCUT2D eigenvalue weighted by atomic mass is 9.97. The van der Waals surface area contributed by atoms with Crippen molar-refractivity contribution in [3.63, 3.8) is 0 Å². The molecule has 2 aromatic rings. The van der Waals surface area contributed by atoms with E-state index in [1.807, 2.05) is 34.7 Å². The smallest absolute Gasteiger partial charge is 0.226 e. The number of aryl methyl sites for hydroxylation is 3. The predicted molar refractivity (Wildman–Crippen MR) is 95.6 cm³/mol. The van der Waals surface area contributed by atoms with Crippen molar-refractivity contribution in [3.8, 4) is 5.75 Å². The first-order valence-electron chi connectivity index (χ1n) is 8.86. The van der Waals surface area contributed by atoms with E-state index in [9.17, 15) is 4.79 Å². The average Bonchev–Trinajstić information content (AvgIpc) is 3.04. The van der Waals surface area contributed by atoms with Crippen LogP contribution in [-0.4, -0.2) is 45.3 Å². The Morgan fingerprint density at radius 1 is 1.32 bits per heavy atom. The quantitative estimate of drug-likeness (QED) is 0.838. The number of ether oxygens (including phenoxy) is 1. The van der Waals surface area contributed by atoms with Crippen LogP contribution < -0.4 is 4.74 Å². The third kappa shape index (κ3) is 4.18. The number of piperidine rings is 1. The second-order valence-electron chi connectivity index (χ2n) is 6.82. The van der Waals surface area contributed by atoms with Gasteiger partial charge in [0.1, 0.15) is 17.9 Å². The summed E-state index contributed by atoms with van der Waals surface area (Å²) in [6.07, 6.45) is 4.17. The van der Waals surface area contributed by atoms with Gasteiger partial charge >= 0.3 is 0 Å². The molecule has 6 heteroatoms. The largest absolute Gasteiger partial charge is 0.493 e. The van der Waals surface area contributed by atoms with Crippen molar-refractivity contribution in [2.75, 3.05) is 19.7 Å². The summed E-state index contributed by atoms with van der Waals surface area (Å²) < 4.78 is 7.69. The van der Waals surface area contributed by atoms with Crippen molar-refractivity contribution in [2.24, 2.45) is 7.05 Å². The number of nitrogens with zero attached hydrogens (tertiary/aromatic N) is 4. The second kappa shape index (κ2) is 7.68. The van der Waals surface area contributed by atoms with Gasteiger partial charge in [-0.2, -0.15) is 0 Å². The number of aromatic nitrogens is 3. The lowest BCUT2D eigenvalue weighted by Crippen LogP contribution is -2.40. The SMILES string of the molecule is Cc1ccc(OCCC(=O)N2CCC[C@H](c3nncn3C)C2)cc1C. The van der Waals surface area contributed by atoms with Crippen molar-refractivity contribution >= 4 is 5.91 Å². The van der Waals surface area contributed by atoms with Gasteiger partial charge in [0.05, 0.1) is 13.0 Å². The molecule has 0 radical (unpaired) electrons. The molecule has 25 heavy (non-hydrogen) atoms. The molecule has 0 spiro atoms. The molecule has 0 saturated carbocycles. The van der Waals surface area contributed by atoms with E-state index in [4.69, 9.17) is 4.74 Å². The highest BCUT2D eigenvalue weighted by Crippen LogP contribution is 2.25. The Labute approximate surface area is 148 Å². The van der Waals surface area contributed by atoms with Crippen LogP contribution in [0, 0.1) is 13.8 Å². The Hall–Kier alpha value is -2.37. The monoisotopic (exact) mass is 342 g/mol. The molecule has 3 rings (SSSR count). The third-order valence-electron chi connectivity index (χ3n) is 4.95. The fourth-order valence-corrected chi connectivity index (χ4v) is 3.29. The summed E-state index contributed by atoms with van der Waals surface area (Å²) in [6, 6.07) is 6.02. The summed E-state index contributed by atoms with van der Waals surface area (Å²) in [4.78, 5) is 14.4. The van der Waals surface area contributed by atoms with Crippen LogP contribution in [0.15, 0.2) is 24.5 Å². The van der Waals surface area contributed by atoms with Crippen molar-refractivity contribution < 1.29 is 9.53 Å². The first kappa shape index (κ1) is 17.5. The number of carbonyl (C=O) groups excluding carboxylic acids is 1. The third-order valence-corrected chi connectivity index (χ3v) is 4.95. The number of amides is 1. The van der Waals surface area contributed by atoms with Gasteiger partial charge in [-0.1, -0.05) is 6.07 Å². The van der Waals surface area contributed by atoms with E-state index in [-0.39, 0.29) is 11.8 Å². The van der Waals surface area contributed by atoms with E-state index in [1.54, 1.807) is 6.33 Å². The van der Waals surface area contributed by atoms with Crippen LogP contribution in [0.2, 0.25) is 0 Å². The Balaban J connectivity index is 1.50. The minimum Gasteiger partial charge on any atom is -0.493 e. The maximum absolute atomic E-state index is 12.5. The zero-order valence-electron chi connectivity index (χ0n) is 15.2. The van der Waals surface area contributed by atoms with Gasteiger partial charge in [0.15, 0.2) is 0 Å². The van der Waals surface area contributed by atoms with E-state index in [0.717, 1.165) is 37.5 Å². The van der Waals surface area contributed by atoms with Gasteiger partial charge in [-0.25, -0.2) is 0 Å². The van der Waals surface area contributed by atoms with Crippen molar-refractivity contribution in [2.45, 2.75) is 39.0 Å². The molecule has 0 N–H and O–H groups in total. The molecule has 0 bridgehead atoms. The Morgan fingerprint density at radius 3 is 2.88 bits per heavy atom.